The van der Waals surface area contributed by atoms with Gasteiger partial charge in [-0.25, -0.2) is 4.98 Å². The first-order valence-electron chi connectivity index (χ1n) is 9.11. The van der Waals surface area contributed by atoms with E-state index < -0.39 is 0 Å². The second-order valence-electron chi connectivity index (χ2n) is 6.65. The fourth-order valence-corrected chi connectivity index (χ4v) is 2.68. The Morgan fingerprint density at radius 3 is 2.46 bits per heavy atom. The minimum absolute atomic E-state index is 0.314. The molecule has 0 aliphatic heterocycles. The van der Waals surface area contributed by atoms with Gasteiger partial charge in [-0.3, -0.25) is 0 Å². The molecule has 0 unspecified atom stereocenters. The zero-order valence-corrected chi connectivity index (χ0v) is 15.9. The van der Waals surface area contributed by atoms with Gasteiger partial charge >= 0.3 is 0 Å². The minimum Gasteiger partial charge on any atom is -0.352 e. The predicted octanol–water partition coefficient (Wildman–Crippen LogP) is 5.71. The van der Waals surface area contributed by atoms with Crippen molar-refractivity contribution >= 4 is 17.5 Å². The molecule has 0 amide bonds. The highest BCUT2D eigenvalue weighted by Gasteiger charge is 2.10. The van der Waals surface area contributed by atoms with Gasteiger partial charge in [-0.1, -0.05) is 49.4 Å². The molecule has 0 bridgehead atoms. The van der Waals surface area contributed by atoms with Gasteiger partial charge in [-0.15, -0.1) is 0 Å². The molecule has 3 aromatic rings. The molecule has 2 aromatic carbocycles. The van der Waals surface area contributed by atoms with Gasteiger partial charge in [-0.2, -0.15) is 4.98 Å². The number of nitrogens with one attached hydrogen (secondary N) is 2. The number of benzene rings is 2. The molecule has 1 heterocycles. The molecule has 0 aliphatic rings. The van der Waals surface area contributed by atoms with E-state index in [9.17, 15) is 0 Å². The second kappa shape index (κ2) is 8.00. The van der Waals surface area contributed by atoms with Gasteiger partial charge in [0, 0.05) is 23.4 Å². The Morgan fingerprint density at radius 1 is 0.962 bits per heavy atom. The van der Waals surface area contributed by atoms with E-state index >= 15 is 0 Å². The Labute approximate surface area is 155 Å². The normalized spacial score (nSPS) is 11.8. The van der Waals surface area contributed by atoms with Crippen LogP contribution in [0, 0.1) is 13.8 Å². The number of anilines is 3. The Hall–Kier alpha value is -2.88. The first kappa shape index (κ1) is 17.9. The molecular formula is C22H26N4. The van der Waals surface area contributed by atoms with Crippen LogP contribution in [-0.4, -0.2) is 16.0 Å². The lowest BCUT2D eigenvalue weighted by Crippen LogP contribution is -2.16. The number of nitrogens with zero attached hydrogens (tertiary/aromatic N) is 2. The standard InChI is InChI=1S/C22H26N4/c1-5-16(3)23-22-25-20(18-11-7-6-8-12-18)14-21(26-22)24-19-13-9-10-15(2)17(19)4/h6-14,16H,5H2,1-4H3,(H2,23,24,25,26)/t16-/m0/s1. The van der Waals surface area contributed by atoms with Crippen LogP contribution in [-0.2, 0) is 0 Å². The number of rotatable bonds is 6. The molecule has 0 aliphatic carbocycles. The van der Waals surface area contributed by atoms with Crippen LogP contribution in [0.1, 0.15) is 31.4 Å². The van der Waals surface area contributed by atoms with Gasteiger partial charge < -0.3 is 10.6 Å². The molecule has 1 atom stereocenters. The average Bonchev–Trinajstić information content (AvgIpc) is 2.66. The molecule has 134 valence electrons. The van der Waals surface area contributed by atoms with Crippen LogP contribution in [0.3, 0.4) is 0 Å². The summed E-state index contributed by atoms with van der Waals surface area (Å²) in [5.41, 5.74) is 5.52. The van der Waals surface area contributed by atoms with Crippen LogP contribution >= 0.6 is 0 Å². The summed E-state index contributed by atoms with van der Waals surface area (Å²) in [4.78, 5) is 9.39. The predicted molar refractivity (Wildman–Crippen MR) is 110 cm³/mol. The Morgan fingerprint density at radius 2 is 1.73 bits per heavy atom. The lowest BCUT2D eigenvalue weighted by molar-refractivity contribution is 0.753. The lowest BCUT2D eigenvalue weighted by atomic mass is 10.1. The van der Waals surface area contributed by atoms with Gasteiger partial charge in [-0.05, 0) is 44.4 Å². The summed E-state index contributed by atoms with van der Waals surface area (Å²) in [5, 5.41) is 6.86. The maximum atomic E-state index is 4.71. The molecule has 0 radical (unpaired) electrons. The molecule has 2 N–H and O–H groups in total. The average molecular weight is 346 g/mol. The van der Waals surface area contributed by atoms with Gasteiger partial charge in [0.2, 0.25) is 5.95 Å². The van der Waals surface area contributed by atoms with E-state index in [0.29, 0.717) is 12.0 Å². The van der Waals surface area contributed by atoms with Crippen molar-refractivity contribution in [3.05, 3.63) is 65.7 Å². The lowest BCUT2D eigenvalue weighted by Gasteiger charge is -2.16. The number of aryl methyl sites for hydroxylation is 1. The van der Waals surface area contributed by atoms with E-state index in [1.54, 1.807) is 0 Å². The van der Waals surface area contributed by atoms with Crippen molar-refractivity contribution in [1.29, 1.82) is 0 Å². The van der Waals surface area contributed by atoms with Crippen LogP contribution < -0.4 is 10.6 Å². The van der Waals surface area contributed by atoms with E-state index in [1.165, 1.54) is 11.1 Å². The van der Waals surface area contributed by atoms with E-state index in [1.807, 2.05) is 24.3 Å². The van der Waals surface area contributed by atoms with Crippen molar-refractivity contribution in [1.82, 2.24) is 9.97 Å². The monoisotopic (exact) mass is 346 g/mol. The van der Waals surface area contributed by atoms with Crippen molar-refractivity contribution < 1.29 is 0 Å². The second-order valence-corrected chi connectivity index (χ2v) is 6.65. The van der Waals surface area contributed by atoms with E-state index in [0.717, 1.165) is 29.2 Å². The van der Waals surface area contributed by atoms with E-state index in [4.69, 9.17) is 4.98 Å². The Kier molecular flexibility index (Phi) is 5.52. The number of hydrogen-bond acceptors (Lipinski definition) is 4. The number of aromatic nitrogens is 2. The molecule has 0 fully saturated rings. The third-order valence-electron chi connectivity index (χ3n) is 4.65. The minimum atomic E-state index is 0.314. The van der Waals surface area contributed by atoms with Crippen molar-refractivity contribution in [2.75, 3.05) is 10.6 Å². The van der Waals surface area contributed by atoms with Crippen molar-refractivity contribution in [3.63, 3.8) is 0 Å². The van der Waals surface area contributed by atoms with Crippen molar-refractivity contribution in [2.45, 2.75) is 40.2 Å². The SMILES string of the molecule is CC[C@H](C)Nc1nc(Nc2cccc(C)c2C)cc(-c2ccccc2)n1. The van der Waals surface area contributed by atoms with E-state index in [-0.39, 0.29) is 0 Å². The van der Waals surface area contributed by atoms with Gasteiger partial charge in [0.1, 0.15) is 5.82 Å². The van der Waals surface area contributed by atoms with Crippen LogP contribution in [0.15, 0.2) is 54.6 Å². The Bertz CT molecular complexity index is 875. The third-order valence-corrected chi connectivity index (χ3v) is 4.65. The molecular weight excluding hydrogens is 320 g/mol. The van der Waals surface area contributed by atoms with Gasteiger partial charge in [0.25, 0.3) is 0 Å². The maximum Gasteiger partial charge on any atom is 0.225 e. The fraction of sp³-hybridized carbons (Fsp3) is 0.273. The summed E-state index contributed by atoms with van der Waals surface area (Å²) in [6, 6.07) is 18.8. The summed E-state index contributed by atoms with van der Waals surface area (Å²) in [6.07, 6.45) is 1.01. The smallest absolute Gasteiger partial charge is 0.225 e. The maximum absolute atomic E-state index is 4.71. The van der Waals surface area contributed by atoms with Crippen molar-refractivity contribution in [3.8, 4) is 11.3 Å². The molecule has 1 aromatic heterocycles. The molecule has 4 heteroatoms. The first-order valence-corrected chi connectivity index (χ1v) is 9.11. The van der Waals surface area contributed by atoms with Gasteiger partial charge in [0.15, 0.2) is 0 Å². The van der Waals surface area contributed by atoms with Crippen LogP contribution in [0.25, 0.3) is 11.3 Å². The molecule has 0 spiro atoms. The summed E-state index contributed by atoms with van der Waals surface area (Å²) in [6.45, 7) is 8.52. The third kappa shape index (κ3) is 4.20. The van der Waals surface area contributed by atoms with Gasteiger partial charge in [0.05, 0.1) is 5.69 Å². The zero-order chi connectivity index (χ0) is 18.5. The highest BCUT2D eigenvalue weighted by molar-refractivity contribution is 5.69. The molecule has 0 saturated heterocycles. The quantitative estimate of drug-likeness (QED) is 0.600. The van der Waals surface area contributed by atoms with Crippen molar-refractivity contribution in [2.24, 2.45) is 0 Å². The summed E-state index contributed by atoms with van der Waals surface area (Å²) in [7, 11) is 0. The zero-order valence-electron chi connectivity index (χ0n) is 15.9. The molecule has 0 saturated carbocycles. The van der Waals surface area contributed by atoms with Crippen LogP contribution in [0.2, 0.25) is 0 Å². The number of hydrogen-bond donors (Lipinski definition) is 2. The molecule has 4 nitrogen and oxygen atoms in total. The molecule has 3 rings (SSSR count). The van der Waals surface area contributed by atoms with Crippen LogP contribution in [0.4, 0.5) is 17.5 Å². The molecule has 26 heavy (non-hydrogen) atoms. The summed E-state index contributed by atoms with van der Waals surface area (Å²) < 4.78 is 0. The highest BCUT2D eigenvalue weighted by atomic mass is 15.2. The Balaban J connectivity index is 2.00. The van der Waals surface area contributed by atoms with E-state index in [2.05, 4.69) is 73.6 Å². The highest BCUT2D eigenvalue weighted by Crippen LogP contribution is 2.26. The first-order chi connectivity index (χ1) is 12.6. The fourth-order valence-electron chi connectivity index (χ4n) is 2.68. The topological polar surface area (TPSA) is 49.8 Å². The summed E-state index contributed by atoms with van der Waals surface area (Å²) in [5.74, 6) is 1.44. The van der Waals surface area contributed by atoms with Crippen LogP contribution in [0.5, 0.6) is 0 Å². The largest absolute Gasteiger partial charge is 0.352 e. The summed E-state index contributed by atoms with van der Waals surface area (Å²) >= 11 is 0.